The highest BCUT2D eigenvalue weighted by atomic mass is 127. The Morgan fingerprint density at radius 3 is 2.28 bits per heavy atom. The Morgan fingerprint density at radius 2 is 1.62 bits per heavy atom. The molecule has 0 aliphatic rings. The predicted octanol–water partition coefficient (Wildman–Crippen LogP) is 3.90. The lowest BCUT2D eigenvalue weighted by atomic mass is 10.1. The summed E-state index contributed by atoms with van der Waals surface area (Å²) >= 11 is 0. The number of ether oxygens (including phenoxy) is 3. The largest absolute Gasteiger partial charge is 0.494 e. The van der Waals surface area contributed by atoms with E-state index >= 15 is 0 Å². The van der Waals surface area contributed by atoms with Crippen LogP contribution in [0.2, 0.25) is 0 Å². The molecule has 7 heteroatoms. The number of halogens is 1. The molecule has 0 unspecified atom stereocenters. The zero-order chi connectivity index (χ0) is 20.2. The van der Waals surface area contributed by atoms with Crippen LogP contribution in [0.25, 0.3) is 0 Å². The standard InChI is InChI=1S/C22H31N3O3.HI/c1-5-27-20-9-7-6-8-18(20)15-24-22(23-3)25-16-19-11-10-17(2)14-21(19)28-13-12-26-4;/h6-11,14H,5,12-13,15-16H2,1-4H3,(H2,23,24,25);1H. The molecule has 0 aliphatic carbocycles. The molecular formula is C22H32IN3O3. The summed E-state index contributed by atoms with van der Waals surface area (Å²) in [6.07, 6.45) is 0. The molecule has 0 aromatic heterocycles. The van der Waals surface area contributed by atoms with Gasteiger partial charge in [0.1, 0.15) is 18.1 Å². The average Bonchev–Trinajstić information content (AvgIpc) is 2.71. The first-order valence-electron chi connectivity index (χ1n) is 9.54. The fourth-order valence-electron chi connectivity index (χ4n) is 2.70. The van der Waals surface area contributed by atoms with Gasteiger partial charge in [-0.15, -0.1) is 24.0 Å². The summed E-state index contributed by atoms with van der Waals surface area (Å²) in [6, 6.07) is 14.2. The van der Waals surface area contributed by atoms with Crippen LogP contribution in [0.5, 0.6) is 11.5 Å². The molecule has 0 aliphatic heterocycles. The van der Waals surface area contributed by atoms with Crippen molar-refractivity contribution < 1.29 is 14.2 Å². The fourth-order valence-corrected chi connectivity index (χ4v) is 2.70. The number of hydrogen-bond acceptors (Lipinski definition) is 4. The van der Waals surface area contributed by atoms with Gasteiger partial charge in [-0.25, -0.2) is 0 Å². The number of benzene rings is 2. The SMILES string of the molecule is CCOc1ccccc1CNC(=NC)NCc1ccc(C)cc1OCCOC.I. The molecular weight excluding hydrogens is 481 g/mol. The Bertz CT molecular complexity index is 769. The van der Waals surface area contributed by atoms with Crippen LogP contribution in [0.4, 0.5) is 0 Å². The van der Waals surface area contributed by atoms with Crippen molar-refractivity contribution >= 4 is 29.9 Å². The molecule has 0 amide bonds. The second-order valence-corrected chi connectivity index (χ2v) is 6.27. The van der Waals surface area contributed by atoms with Crippen LogP contribution in [-0.2, 0) is 17.8 Å². The van der Waals surface area contributed by atoms with E-state index in [9.17, 15) is 0 Å². The van der Waals surface area contributed by atoms with Crippen molar-refractivity contribution in [2.24, 2.45) is 4.99 Å². The summed E-state index contributed by atoms with van der Waals surface area (Å²) in [5.41, 5.74) is 3.32. The van der Waals surface area contributed by atoms with Crippen molar-refractivity contribution in [3.8, 4) is 11.5 Å². The average molecular weight is 513 g/mol. The highest BCUT2D eigenvalue weighted by molar-refractivity contribution is 14.0. The number of hydrogen-bond donors (Lipinski definition) is 2. The molecule has 0 bridgehead atoms. The first-order chi connectivity index (χ1) is 13.7. The second kappa shape index (κ2) is 14.1. The van der Waals surface area contributed by atoms with Gasteiger partial charge in [0.05, 0.1) is 13.2 Å². The Labute approximate surface area is 191 Å². The Balaban J connectivity index is 0.00000420. The number of guanidine groups is 1. The van der Waals surface area contributed by atoms with E-state index < -0.39 is 0 Å². The second-order valence-electron chi connectivity index (χ2n) is 6.27. The molecule has 2 rings (SSSR count). The zero-order valence-corrected chi connectivity index (χ0v) is 20.0. The number of aryl methyl sites for hydroxylation is 1. The van der Waals surface area contributed by atoms with Crippen molar-refractivity contribution in [2.45, 2.75) is 26.9 Å². The van der Waals surface area contributed by atoms with Crippen molar-refractivity contribution in [3.05, 3.63) is 59.2 Å². The zero-order valence-electron chi connectivity index (χ0n) is 17.7. The molecule has 0 spiro atoms. The maximum absolute atomic E-state index is 5.85. The van der Waals surface area contributed by atoms with E-state index in [1.807, 2.05) is 37.3 Å². The van der Waals surface area contributed by atoms with Gasteiger partial charge < -0.3 is 24.8 Å². The van der Waals surface area contributed by atoms with E-state index in [1.165, 1.54) is 0 Å². The molecule has 0 saturated carbocycles. The Hall–Kier alpha value is -2.00. The van der Waals surface area contributed by atoms with Gasteiger partial charge in [0.25, 0.3) is 0 Å². The third-order valence-electron chi connectivity index (χ3n) is 4.16. The summed E-state index contributed by atoms with van der Waals surface area (Å²) in [7, 11) is 3.43. The molecule has 0 atom stereocenters. The van der Waals surface area contributed by atoms with Gasteiger partial charge in [-0.3, -0.25) is 4.99 Å². The molecule has 2 aromatic rings. The molecule has 2 N–H and O–H groups in total. The Morgan fingerprint density at radius 1 is 0.931 bits per heavy atom. The van der Waals surface area contributed by atoms with Crippen LogP contribution >= 0.6 is 24.0 Å². The highest BCUT2D eigenvalue weighted by Crippen LogP contribution is 2.20. The van der Waals surface area contributed by atoms with Crippen molar-refractivity contribution in [3.63, 3.8) is 0 Å². The number of methoxy groups -OCH3 is 1. The lowest BCUT2D eigenvalue weighted by Crippen LogP contribution is -2.36. The van der Waals surface area contributed by atoms with Crippen molar-refractivity contribution in [1.82, 2.24) is 10.6 Å². The van der Waals surface area contributed by atoms with Crippen LogP contribution in [-0.4, -0.2) is 39.9 Å². The molecule has 29 heavy (non-hydrogen) atoms. The van der Waals surface area contributed by atoms with E-state index in [0.717, 1.165) is 34.1 Å². The minimum atomic E-state index is 0. The monoisotopic (exact) mass is 513 g/mol. The van der Waals surface area contributed by atoms with Gasteiger partial charge in [0.2, 0.25) is 0 Å². The number of rotatable bonds is 10. The lowest BCUT2D eigenvalue weighted by Gasteiger charge is -2.16. The van der Waals surface area contributed by atoms with Gasteiger partial charge in [0, 0.05) is 38.4 Å². The van der Waals surface area contributed by atoms with Crippen LogP contribution in [0.1, 0.15) is 23.6 Å². The van der Waals surface area contributed by atoms with Gasteiger partial charge in [-0.2, -0.15) is 0 Å². The molecule has 0 radical (unpaired) electrons. The normalized spacial score (nSPS) is 10.8. The first-order valence-corrected chi connectivity index (χ1v) is 9.54. The highest BCUT2D eigenvalue weighted by Gasteiger charge is 2.07. The third-order valence-corrected chi connectivity index (χ3v) is 4.16. The minimum absolute atomic E-state index is 0. The van der Waals surface area contributed by atoms with E-state index in [2.05, 4.69) is 34.7 Å². The molecule has 0 heterocycles. The number of nitrogens with one attached hydrogen (secondary N) is 2. The van der Waals surface area contributed by atoms with E-state index in [0.29, 0.717) is 32.9 Å². The van der Waals surface area contributed by atoms with Crippen LogP contribution in [0.15, 0.2) is 47.5 Å². The number of aliphatic imine (C=N–C) groups is 1. The number of para-hydroxylation sites is 1. The maximum Gasteiger partial charge on any atom is 0.191 e. The van der Waals surface area contributed by atoms with E-state index in [-0.39, 0.29) is 24.0 Å². The fraction of sp³-hybridized carbons (Fsp3) is 0.409. The summed E-state index contributed by atoms with van der Waals surface area (Å²) in [4.78, 5) is 4.31. The maximum atomic E-state index is 5.85. The minimum Gasteiger partial charge on any atom is -0.494 e. The van der Waals surface area contributed by atoms with Gasteiger partial charge >= 0.3 is 0 Å². The molecule has 0 fully saturated rings. The van der Waals surface area contributed by atoms with Gasteiger partial charge in [-0.1, -0.05) is 30.3 Å². The quantitative estimate of drug-likeness (QED) is 0.219. The molecule has 0 saturated heterocycles. The summed E-state index contributed by atoms with van der Waals surface area (Å²) in [5.74, 6) is 2.47. The predicted molar refractivity (Wildman–Crippen MR) is 129 cm³/mol. The summed E-state index contributed by atoms with van der Waals surface area (Å²) in [6.45, 7) is 6.99. The Kier molecular flexibility index (Phi) is 12.1. The summed E-state index contributed by atoms with van der Waals surface area (Å²) in [5, 5.41) is 6.68. The molecule has 160 valence electrons. The van der Waals surface area contributed by atoms with Crippen LogP contribution in [0.3, 0.4) is 0 Å². The topological polar surface area (TPSA) is 64.1 Å². The van der Waals surface area contributed by atoms with Crippen molar-refractivity contribution in [2.75, 3.05) is 34.0 Å². The summed E-state index contributed by atoms with van der Waals surface area (Å²) < 4.78 is 16.6. The van der Waals surface area contributed by atoms with Gasteiger partial charge in [-0.05, 0) is 31.5 Å². The van der Waals surface area contributed by atoms with E-state index in [4.69, 9.17) is 14.2 Å². The molecule has 6 nitrogen and oxygen atoms in total. The van der Waals surface area contributed by atoms with Gasteiger partial charge in [0.15, 0.2) is 5.96 Å². The van der Waals surface area contributed by atoms with Crippen LogP contribution in [0, 0.1) is 6.92 Å². The van der Waals surface area contributed by atoms with Crippen LogP contribution < -0.4 is 20.1 Å². The number of nitrogens with zero attached hydrogens (tertiary/aromatic N) is 1. The molecule has 2 aromatic carbocycles. The van der Waals surface area contributed by atoms with Crippen molar-refractivity contribution in [1.29, 1.82) is 0 Å². The third kappa shape index (κ3) is 8.49. The smallest absolute Gasteiger partial charge is 0.191 e. The lowest BCUT2D eigenvalue weighted by molar-refractivity contribution is 0.145. The van der Waals surface area contributed by atoms with E-state index in [1.54, 1.807) is 14.2 Å². The first kappa shape index (κ1) is 25.0.